The van der Waals surface area contributed by atoms with Crippen LogP contribution in [0.5, 0.6) is 0 Å². The smallest absolute Gasteiger partial charge is 0.332 e. The van der Waals surface area contributed by atoms with Crippen LogP contribution in [0.2, 0.25) is 0 Å². The summed E-state index contributed by atoms with van der Waals surface area (Å²) in [5.74, 6) is -0.570. The topological polar surface area (TPSA) is 99.1 Å². The van der Waals surface area contributed by atoms with Crippen molar-refractivity contribution >= 4 is 12.0 Å². The van der Waals surface area contributed by atoms with Gasteiger partial charge in [-0.1, -0.05) is 0 Å². The maximum absolute atomic E-state index is 11.9. The lowest BCUT2D eigenvalue weighted by atomic mass is 9.82. The number of rotatable bonds is 5. The van der Waals surface area contributed by atoms with Gasteiger partial charge in [0.2, 0.25) is 0 Å². The second kappa shape index (κ2) is 6.41. The van der Waals surface area contributed by atoms with E-state index in [0.717, 1.165) is 12.8 Å². The molecule has 2 rings (SSSR count). The largest absolute Gasteiger partial charge is 0.479 e. The molecule has 1 aliphatic heterocycles. The Morgan fingerprint density at radius 1 is 1.35 bits per heavy atom. The first-order valence-electron chi connectivity index (χ1n) is 7.01. The fraction of sp³-hybridized carbons (Fsp3) is 0.846. The lowest BCUT2D eigenvalue weighted by molar-refractivity contribution is -0.149. The standard InChI is InChI=1S/C13H22N2O5/c1-15(7-8-4-9(16)5-8)13(19)14-6-10-2-3-11(20-10)12(17)18/h8-11,16H,2-7H2,1H3,(H,14,19)(H,17,18). The fourth-order valence-corrected chi connectivity index (χ4v) is 2.69. The second-order valence-corrected chi connectivity index (χ2v) is 5.72. The Kier molecular flexibility index (Phi) is 4.82. The summed E-state index contributed by atoms with van der Waals surface area (Å²) in [6, 6.07) is -0.186. The highest BCUT2D eigenvalue weighted by Crippen LogP contribution is 2.27. The number of amides is 2. The maximum Gasteiger partial charge on any atom is 0.332 e. The van der Waals surface area contributed by atoms with Crippen LogP contribution < -0.4 is 5.32 Å². The minimum Gasteiger partial charge on any atom is -0.479 e. The van der Waals surface area contributed by atoms with Crippen LogP contribution in [-0.2, 0) is 9.53 Å². The van der Waals surface area contributed by atoms with E-state index in [1.807, 2.05) is 0 Å². The van der Waals surface area contributed by atoms with E-state index in [9.17, 15) is 14.7 Å². The van der Waals surface area contributed by atoms with E-state index in [1.54, 1.807) is 11.9 Å². The van der Waals surface area contributed by atoms with Crippen LogP contribution in [0.25, 0.3) is 0 Å². The molecule has 0 aromatic carbocycles. The zero-order valence-corrected chi connectivity index (χ0v) is 11.6. The molecule has 2 fully saturated rings. The third kappa shape index (κ3) is 3.83. The number of nitrogens with one attached hydrogen (secondary N) is 1. The highest BCUT2D eigenvalue weighted by Gasteiger charge is 2.31. The summed E-state index contributed by atoms with van der Waals surface area (Å²) in [6.07, 6.45) is 1.47. The van der Waals surface area contributed by atoms with Crippen LogP contribution in [0, 0.1) is 5.92 Å². The zero-order chi connectivity index (χ0) is 14.7. The third-order valence-electron chi connectivity index (χ3n) is 3.95. The van der Waals surface area contributed by atoms with Crippen molar-refractivity contribution in [1.29, 1.82) is 0 Å². The summed E-state index contributed by atoms with van der Waals surface area (Å²) in [6.45, 7) is 0.965. The molecular weight excluding hydrogens is 264 g/mol. The summed E-state index contributed by atoms with van der Waals surface area (Å²) in [5.41, 5.74) is 0. The minimum absolute atomic E-state index is 0.186. The van der Waals surface area contributed by atoms with Crippen molar-refractivity contribution in [3.05, 3.63) is 0 Å². The molecule has 2 amide bonds. The molecule has 0 aromatic heterocycles. The molecule has 7 nitrogen and oxygen atoms in total. The number of aliphatic hydroxyl groups is 1. The number of ether oxygens (including phenoxy) is 1. The molecule has 0 aromatic rings. The van der Waals surface area contributed by atoms with Crippen molar-refractivity contribution < 1.29 is 24.5 Å². The Morgan fingerprint density at radius 2 is 2.05 bits per heavy atom. The number of carboxylic acid groups (broad SMARTS) is 1. The van der Waals surface area contributed by atoms with Crippen molar-refractivity contribution in [2.24, 2.45) is 5.92 Å². The van der Waals surface area contributed by atoms with Gasteiger partial charge in [-0.25, -0.2) is 9.59 Å². The van der Waals surface area contributed by atoms with Crippen LogP contribution in [0.3, 0.4) is 0 Å². The third-order valence-corrected chi connectivity index (χ3v) is 3.95. The van der Waals surface area contributed by atoms with Crippen molar-refractivity contribution in [2.75, 3.05) is 20.1 Å². The Hall–Kier alpha value is -1.34. The Labute approximate surface area is 117 Å². The molecule has 3 N–H and O–H groups in total. The zero-order valence-electron chi connectivity index (χ0n) is 11.6. The number of carbonyl (C=O) groups is 2. The summed E-state index contributed by atoms with van der Waals surface area (Å²) < 4.78 is 5.31. The summed E-state index contributed by atoms with van der Waals surface area (Å²) in [4.78, 5) is 24.2. The molecule has 0 spiro atoms. The quantitative estimate of drug-likeness (QED) is 0.662. The number of hydrogen-bond acceptors (Lipinski definition) is 4. The Balaban J connectivity index is 1.63. The van der Waals surface area contributed by atoms with Gasteiger partial charge in [0.25, 0.3) is 0 Å². The SMILES string of the molecule is CN(CC1CC(O)C1)C(=O)NCC1CCC(C(=O)O)O1. The molecule has 2 aliphatic rings. The predicted octanol–water partition coefficient (Wildman–Crippen LogP) is 0.0309. The van der Waals surface area contributed by atoms with Crippen molar-refractivity contribution in [3.63, 3.8) is 0 Å². The van der Waals surface area contributed by atoms with Crippen LogP contribution >= 0.6 is 0 Å². The average molecular weight is 286 g/mol. The van der Waals surface area contributed by atoms with Gasteiger partial charge in [0.15, 0.2) is 6.10 Å². The molecule has 1 saturated carbocycles. The highest BCUT2D eigenvalue weighted by atomic mass is 16.5. The van der Waals surface area contributed by atoms with E-state index < -0.39 is 12.1 Å². The van der Waals surface area contributed by atoms with Gasteiger partial charge in [-0.05, 0) is 31.6 Å². The van der Waals surface area contributed by atoms with Crippen LogP contribution in [0.4, 0.5) is 4.79 Å². The van der Waals surface area contributed by atoms with Crippen LogP contribution in [0.15, 0.2) is 0 Å². The first kappa shape index (κ1) is 15.1. The van der Waals surface area contributed by atoms with Crippen LogP contribution in [-0.4, -0.2) is 65.6 Å². The fourth-order valence-electron chi connectivity index (χ4n) is 2.69. The molecule has 7 heteroatoms. The molecular formula is C13H22N2O5. The lowest BCUT2D eigenvalue weighted by Gasteiger charge is -2.34. The van der Waals surface area contributed by atoms with Gasteiger partial charge in [-0.3, -0.25) is 0 Å². The van der Waals surface area contributed by atoms with Gasteiger partial charge in [0.05, 0.1) is 12.2 Å². The van der Waals surface area contributed by atoms with E-state index in [-0.39, 0.29) is 18.2 Å². The predicted molar refractivity (Wildman–Crippen MR) is 70.3 cm³/mol. The monoisotopic (exact) mass is 286 g/mol. The van der Waals surface area contributed by atoms with Gasteiger partial charge in [-0.2, -0.15) is 0 Å². The number of aliphatic carboxylic acids is 1. The van der Waals surface area contributed by atoms with E-state index in [0.29, 0.717) is 31.8 Å². The first-order chi connectivity index (χ1) is 9.45. The van der Waals surface area contributed by atoms with E-state index >= 15 is 0 Å². The number of aliphatic hydroxyl groups excluding tert-OH is 1. The molecule has 0 radical (unpaired) electrons. The van der Waals surface area contributed by atoms with Gasteiger partial charge in [0, 0.05) is 20.1 Å². The number of carboxylic acids is 1. The minimum atomic E-state index is -0.945. The Bertz CT molecular complexity index is 370. The number of hydrogen-bond donors (Lipinski definition) is 3. The lowest BCUT2D eigenvalue weighted by Crippen LogP contribution is -2.45. The molecule has 1 saturated heterocycles. The summed E-state index contributed by atoms with van der Waals surface area (Å²) >= 11 is 0. The maximum atomic E-state index is 11.9. The van der Waals surface area contributed by atoms with Crippen molar-refractivity contribution in [1.82, 2.24) is 10.2 Å². The van der Waals surface area contributed by atoms with E-state index in [1.165, 1.54) is 0 Å². The molecule has 2 atom stereocenters. The average Bonchev–Trinajstić information content (AvgIpc) is 2.82. The molecule has 114 valence electrons. The molecule has 20 heavy (non-hydrogen) atoms. The normalized spacial score (nSPS) is 32.5. The van der Waals surface area contributed by atoms with E-state index in [4.69, 9.17) is 9.84 Å². The Morgan fingerprint density at radius 3 is 2.60 bits per heavy atom. The summed E-state index contributed by atoms with van der Waals surface area (Å²) in [7, 11) is 1.72. The van der Waals surface area contributed by atoms with Gasteiger partial charge in [-0.15, -0.1) is 0 Å². The van der Waals surface area contributed by atoms with Gasteiger partial charge in [0.1, 0.15) is 0 Å². The van der Waals surface area contributed by atoms with Crippen molar-refractivity contribution in [3.8, 4) is 0 Å². The first-order valence-corrected chi connectivity index (χ1v) is 7.01. The van der Waals surface area contributed by atoms with Crippen LogP contribution in [0.1, 0.15) is 25.7 Å². The van der Waals surface area contributed by atoms with E-state index in [2.05, 4.69) is 5.32 Å². The molecule has 1 aliphatic carbocycles. The highest BCUT2D eigenvalue weighted by molar-refractivity contribution is 5.74. The number of urea groups is 1. The molecule has 0 bridgehead atoms. The number of carbonyl (C=O) groups excluding carboxylic acids is 1. The van der Waals surface area contributed by atoms with Crippen molar-refractivity contribution in [2.45, 2.75) is 44.0 Å². The number of nitrogens with zero attached hydrogens (tertiary/aromatic N) is 1. The van der Waals surface area contributed by atoms with Gasteiger partial charge < -0.3 is 25.2 Å². The molecule has 2 unspecified atom stereocenters. The molecule has 1 heterocycles. The summed E-state index contributed by atoms with van der Waals surface area (Å²) in [5, 5.41) is 20.8. The second-order valence-electron chi connectivity index (χ2n) is 5.72. The van der Waals surface area contributed by atoms with Gasteiger partial charge >= 0.3 is 12.0 Å².